The standard InChI is InChI=1S/C22H30O3.C21H28O3.C13H14O4.C13H12O2.2C9H12O2.2C8H10O2/c1-13-9-15(3)19(17(11-13)21(5,6)23)25-20-16(4)10-14(2)12-18(20)22(7,8)24;1-13-8-9-18(16(11-13)20(4,5)22)24-19-15(3)10-14(2)12-17(19)21(6,7)23;14-5-6-16-12-3-1-11-8-13(17-9-15)4-2-10(11)7-12;1-9(15)11-4-5-12-6-10(8-14)2-3-13(12)7-11;10-5-4-8-2-1-3-9(6-8)7-11;10-6-5-8-3-1-2-4-9(8)7-11;9-5-7-2-1-3-8(4-7)6-10;9-5-7-3-1-2-4-8(7)6-10/h9-12,23-24H,1-8H3;8-12,22-23H,1-7H3;1-4,7-8,14-15H,5-6,9H2;2-7,14-15H,1,8H2;1-3,6,10-11H,4-5,7H2;1-4,10-11H,5-7H2;2*1-4,9-10H,5-6H2. The largest absolute Gasteiger partial charge is 0.508 e. The van der Waals surface area contributed by atoms with Crippen molar-refractivity contribution in [3.63, 3.8) is 0 Å². The quantitative estimate of drug-likeness (QED) is 0.0187. The lowest BCUT2D eigenvalue weighted by molar-refractivity contribution is 0.0720. The number of hydrogen-bond acceptors (Lipinski definition) is 20. The van der Waals surface area contributed by atoms with Crippen LogP contribution in [0.1, 0.15) is 172 Å². The van der Waals surface area contributed by atoms with Gasteiger partial charge in [-0.2, -0.15) is 0 Å². The van der Waals surface area contributed by atoms with Crippen LogP contribution in [0.2, 0.25) is 0 Å². The normalized spacial score (nSPS) is 11.0. The van der Waals surface area contributed by atoms with Crippen LogP contribution < -0.4 is 18.9 Å². The summed E-state index contributed by atoms with van der Waals surface area (Å²) in [4.78, 5) is 0. The third-order valence-corrected chi connectivity index (χ3v) is 19.3. The van der Waals surface area contributed by atoms with E-state index < -0.39 is 22.4 Å². The highest BCUT2D eigenvalue weighted by Crippen LogP contribution is 2.43. The Bertz CT molecular complexity index is 5160. The number of hydrogen-bond donors (Lipinski definition) is 16. The molecule has 0 unspecified atom stereocenters. The van der Waals surface area contributed by atoms with Crippen molar-refractivity contribution in [2.24, 2.45) is 0 Å². The predicted octanol–water partition coefficient (Wildman–Crippen LogP) is 17.2. The van der Waals surface area contributed by atoms with E-state index in [1.807, 2.05) is 249 Å². The molecule has 0 aromatic heterocycles. The summed E-state index contributed by atoms with van der Waals surface area (Å²) in [7, 11) is 0. The van der Waals surface area contributed by atoms with Crippen molar-refractivity contribution < 1.29 is 101 Å². The average Bonchev–Trinajstić information content (AvgIpc) is 0.769. The van der Waals surface area contributed by atoms with Crippen LogP contribution in [-0.4, -0.2) is 115 Å². The van der Waals surface area contributed by atoms with Gasteiger partial charge in [0.2, 0.25) is 0 Å². The van der Waals surface area contributed by atoms with Crippen LogP contribution in [0.5, 0.6) is 34.5 Å². The second kappa shape index (κ2) is 50.2. The molecule has 0 saturated heterocycles. The minimum absolute atomic E-state index is 0.00130. The summed E-state index contributed by atoms with van der Waals surface area (Å²) in [5, 5.41) is 152. The third kappa shape index (κ3) is 33.5. The Balaban J connectivity index is 0.000000256. The highest BCUT2D eigenvalue weighted by Gasteiger charge is 2.30. The molecule has 12 aromatic rings. The molecule has 660 valence electrons. The van der Waals surface area contributed by atoms with E-state index in [1.165, 1.54) is 0 Å². The van der Waals surface area contributed by atoms with Gasteiger partial charge in [0.25, 0.3) is 0 Å². The molecule has 16 N–H and O–H groups in total. The van der Waals surface area contributed by atoms with Crippen molar-refractivity contribution in [1.82, 2.24) is 0 Å². The molecule has 0 fully saturated rings. The summed E-state index contributed by atoms with van der Waals surface area (Å²) < 4.78 is 22.9. The summed E-state index contributed by atoms with van der Waals surface area (Å²) >= 11 is 0. The van der Waals surface area contributed by atoms with E-state index >= 15 is 0 Å². The molecule has 0 aliphatic carbocycles. The van der Waals surface area contributed by atoms with Crippen LogP contribution in [0.15, 0.2) is 231 Å². The fraction of sp³-hybridized carbons (Fsp3) is 0.320. The van der Waals surface area contributed by atoms with Gasteiger partial charge in [0.05, 0.1) is 75.3 Å². The van der Waals surface area contributed by atoms with Crippen LogP contribution in [0.3, 0.4) is 0 Å². The first kappa shape index (κ1) is 103. The van der Waals surface area contributed by atoms with Crippen LogP contribution >= 0.6 is 0 Å². The van der Waals surface area contributed by atoms with Gasteiger partial charge < -0.3 is 101 Å². The molecule has 0 amide bonds. The van der Waals surface area contributed by atoms with Gasteiger partial charge in [-0.05, 0) is 272 Å². The van der Waals surface area contributed by atoms with E-state index in [0.29, 0.717) is 41.6 Å². The van der Waals surface area contributed by atoms with E-state index in [9.17, 15) is 25.5 Å². The number of benzene rings is 12. The van der Waals surface area contributed by atoms with Gasteiger partial charge in [-0.25, -0.2) is 0 Å². The third-order valence-electron chi connectivity index (χ3n) is 19.3. The minimum Gasteiger partial charge on any atom is -0.508 e. The summed E-state index contributed by atoms with van der Waals surface area (Å²) in [5.41, 5.74) is 14.8. The molecule has 20 nitrogen and oxygen atoms in total. The zero-order valence-corrected chi connectivity index (χ0v) is 73.8. The van der Waals surface area contributed by atoms with Gasteiger partial charge in [0.1, 0.15) is 46.9 Å². The summed E-state index contributed by atoms with van der Waals surface area (Å²) in [6.45, 7) is 31.9. The van der Waals surface area contributed by atoms with Crippen molar-refractivity contribution >= 4 is 27.3 Å². The monoisotopic (exact) mass is 1680 g/mol. The number of aryl methyl sites for hydroxylation is 7. The Labute approximate surface area is 725 Å². The Morgan fingerprint density at radius 3 is 1.06 bits per heavy atom. The smallest absolute Gasteiger partial charge is 0.186 e. The molecule has 0 aliphatic rings. The van der Waals surface area contributed by atoms with Crippen LogP contribution in [0, 0.1) is 48.5 Å². The average molecular weight is 1690 g/mol. The lowest BCUT2D eigenvalue weighted by Gasteiger charge is -2.28. The van der Waals surface area contributed by atoms with E-state index in [1.54, 1.807) is 79.7 Å². The number of aliphatic hydroxyl groups is 16. The van der Waals surface area contributed by atoms with E-state index in [4.69, 9.17) is 75.1 Å². The first-order valence-electron chi connectivity index (χ1n) is 40.6. The predicted molar refractivity (Wildman–Crippen MR) is 489 cm³/mol. The van der Waals surface area contributed by atoms with Crippen molar-refractivity contribution in [3.05, 3.63) is 348 Å². The number of rotatable bonds is 25. The molecule has 12 aromatic carbocycles. The minimum atomic E-state index is -1.03. The van der Waals surface area contributed by atoms with Crippen molar-refractivity contribution in [1.29, 1.82) is 0 Å². The second-order valence-corrected chi connectivity index (χ2v) is 31.9. The Morgan fingerprint density at radius 2 is 0.659 bits per heavy atom. The fourth-order valence-corrected chi connectivity index (χ4v) is 13.0. The maximum atomic E-state index is 10.6. The summed E-state index contributed by atoms with van der Waals surface area (Å²) in [6, 6.07) is 69.9. The molecule has 123 heavy (non-hydrogen) atoms. The molecular weight excluding hydrogens is 1560 g/mol. The molecule has 0 heterocycles. The van der Waals surface area contributed by atoms with Gasteiger partial charge in [-0.1, -0.05) is 187 Å². The van der Waals surface area contributed by atoms with E-state index in [0.717, 1.165) is 144 Å². The summed E-state index contributed by atoms with van der Waals surface area (Å²) in [5.74, 6) is 3.97. The molecule has 12 rings (SSSR count). The number of aliphatic hydroxyl groups excluding tert-OH is 12. The molecule has 0 spiro atoms. The van der Waals surface area contributed by atoms with E-state index in [2.05, 4.69) is 6.58 Å². The fourth-order valence-electron chi connectivity index (χ4n) is 13.0. The van der Waals surface area contributed by atoms with Crippen molar-refractivity contribution in [2.75, 3.05) is 33.2 Å². The zero-order valence-electron chi connectivity index (χ0n) is 73.8. The lowest BCUT2D eigenvalue weighted by Crippen LogP contribution is -2.20. The zero-order chi connectivity index (χ0) is 91.4. The highest BCUT2D eigenvalue weighted by atomic mass is 16.6. The van der Waals surface area contributed by atoms with Gasteiger partial charge in [-0.3, -0.25) is 0 Å². The Hall–Kier alpha value is -10.7. The summed E-state index contributed by atoms with van der Waals surface area (Å²) in [6.07, 6.45) is 1.28. The van der Waals surface area contributed by atoms with Gasteiger partial charge in [-0.15, -0.1) is 0 Å². The molecule has 0 radical (unpaired) electrons. The lowest BCUT2D eigenvalue weighted by atomic mass is 9.91. The van der Waals surface area contributed by atoms with Crippen LogP contribution in [-0.2, 0) is 81.5 Å². The van der Waals surface area contributed by atoms with Crippen molar-refractivity contribution in [3.8, 4) is 34.5 Å². The van der Waals surface area contributed by atoms with Gasteiger partial charge in [0.15, 0.2) is 6.79 Å². The second-order valence-electron chi connectivity index (χ2n) is 31.9. The maximum Gasteiger partial charge on any atom is 0.186 e. The topological polar surface area (TPSA) is 361 Å². The molecule has 0 atom stereocenters. The maximum absolute atomic E-state index is 10.6. The number of fused-ring (bicyclic) bond motifs is 2. The SMILES string of the molecule is C=C(O)c1ccc2cc(CO)ccc2c1.Cc1cc(C)c(Oc2c(C)cc(C)cc2C(C)(C)O)c(C(C)(C)O)c1.Cc1ccc(Oc2c(C)cc(C)cc2C(C)(C)O)c(C(C)(C)O)c1.OCCOc1ccc2cc(OCO)ccc2c1.OCCc1cccc(CO)c1.OCCc1ccccc1CO.OCc1cccc(CO)c1.OCc1ccccc1CO. The molecule has 20 heteroatoms. The molecule has 0 saturated carbocycles. The van der Waals surface area contributed by atoms with E-state index in [-0.39, 0.29) is 85.2 Å². The highest BCUT2D eigenvalue weighted by molar-refractivity contribution is 5.86. The van der Waals surface area contributed by atoms with Crippen LogP contribution in [0.4, 0.5) is 0 Å². The molecular formula is C103H128O20. The van der Waals surface area contributed by atoms with Crippen LogP contribution in [0.25, 0.3) is 27.3 Å². The molecule has 0 bridgehead atoms. The van der Waals surface area contributed by atoms with Gasteiger partial charge in [0, 0.05) is 41.0 Å². The number of ether oxygens (including phenoxy) is 4. The Kier molecular flexibility index (Phi) is 41.9. The van der Waals surface area contributed by atoms with Gasteiger partial charge >= 0.3 is 0 Å². The molecule has 0 aliphatic heterocycles. The van der Waals surface area contributed by atoms with Crippen molar-refractivity contribution in [2.45, 2.75) is 185 Å². The first-order chi connectivity index (χ1) is 58.2. The first-order valence-corrected chi connectivity index (χ1v) is 40.6. The Morgan fingerprint density at radius 1 is 0.301 bits per heavy atom.